The van der Waals surface area contributed by atoms with Crippen LogP contribution >= 0.6 is 0 Å². The molecule has 1 fully saturated rings. The lowest BCUT2D eigenvalue weighted by atomic mass is 9.86. The number of pyridine rings is 1. The van der Waals surface area contributed by atoms with Crippen molar-refractivity contribution in [3.8, 4) is 0 Å². The summed E-state index contributed by atoms with van der Waals surface area (Å²) < 4.78 is 0. The number of carbonyl (C=O) groups excluding carboxylic acids is 4. The van der Waals surface area contributed by atoms with Crippen LogP contribution in [0.2, 0.25) is 0 Å². The summed E-state index contributed by atoms with van der Waals surface area (Å²) in [6, 6.07) is 10.9. The van der Waals surface area contributed by atoms with Gasteiger partial charge in [0.15, 0.2) is 0 Å². The van der Waals surface area contributed by atoms with Crippen LogP contribution in [-0.4, -0.2) is 58.2 Å². The van der Waals surface area contributed by atoms with Crippen LogP contribution in [-0.2, 0) is 9.59 Å². The predicted octanol–water partition coefficient (Wildman–Crippen LogP) is 0.799. The molecule has 4 rings (SSSR count). The first-order chi connectivity index (χ1) is 14.8. The van der Waals surface area contributed by atoms with Gasteiger partial charge in [0.05, 0.1) is 22.7 Å². The third-order valence-corrected chi connectivity index (χ3v) is 5.76. The Morgan fingerprint density at radius 2 is 1.94 bits per heavy atom. The largest absolute Gasteiger partial charge is 0.344 e. The minimum Gasteiger partial charge on any atom is -0.344 e. The highest BCUT2D eigenvalue weighted by Crippen LogP contribution is 2.32. The molecule has 2 aliphatic rings. The highest BCUT2D eigenvalue weighted by Gasteiger charge is 2.51. The predicted molar refractivity (Wildman–Crippen MR) is 112 cm³/mol. The molecule has 4 amide bonds. The van der Waals surface area contributed by atoms with Crippen molar-refractivity contribution in [1.82, 2.24) is 20.5 Å². The summed E-state index contributed by atoms with van der Waals surface area (Å²) in [6.07, 6.45) is 1.50. The topological polar surface area (TPSA) is 120 Å². The number of nitrogens with zero attached hydrogens (tertiary/aromatic N) is 2. The highest BCUT2D eigenvalue weighted by molar-refractivity contribution is 6.07. The molecule has 3 N–H and O–H groups in total. The Morgan fingerprint density at radius 1 is 1.19 bits per heavy atom. The fourth-order valence-electron chi connectivity index (χ4n) is 4.10. The fraction of sp³-hybridized carbons (Fsp3) is 0.318. The summed E-state index contributed by atoms with van der Waals surface area (Å²) >= 11 is 0. The number of benzene rings is 1. The van der Waals surface area contributed by atoms with E-state index in [4.69, 9.17) is 0 Å². The number of rotatable bonds is 3. The maximum Gasteiger partial charge on any atom is 0.270 e. The molecule has 3 heterocycles. The van der Waals surface area contributed by atoms with Crippen LogP contribution in [0.3, 0.4) is 0 Å². The van der Waals surface area contributed by atoms with Crippen molar-refractivity contribution in [2.45, 2.75) is 25.4 Å². The van der Waals surface area contributed by atoms with Crippen molar-refractivity contribution < 1.29 is 19.2 Å². The number of amides is 4. The minimum absolute atomic E-state index is 0.132. The summed E-state index contributed by atoms with van der Waals surface area (Å²) in [5, 5.41) is 8.40. The third-order valence-electron chi connectivity index (χ3n) is 5.76. The van der Waals surface area contributed by atoms with E-state index in [1.165, 1.54) is 11.1 Å². The van der Waals surface area contributed by atoms with E-state index in [1.54, 1.807) is 56.3 Å². The zero-order valence-corrected chi connectivity index (χ0v) is 17.2. The molecule has 0 saturated carbocycles. The summed E-state index contributed by atoms with van der Waals surface area (Å²) in [6.45, 7) is 3.63. The van der Waals surface area contributed by atoms with E-state index in [0.29, 0.717) is 11.3 Å². The highest BCUT2D eigenvalue weighted by atomic mass is 16.2. The summed E-state index contributed by atoms with van der Waals surface area (Å²) in [5.74, 6) is -2.01. The summed E-state index contributed by atoms with van der Waals surface area (Å²) in [7, 11) is 0. The number of carbonyl (C=O) groups is 4. The Balaban J connectivity index is 1.50. The van der Waals surface area contributed by atoms with Gasteiger partial charge in [-0.25, -0.2) is 0 Å². The van der Waals surface area contributed by atoms with Crippen LogP contribution in [0.25, 0.3) is 0 Å². The number of likely N-dealkylation sites (tertiary alicyclic amines) is 1. The lowest BCUT2D eigenvalue weighted by molar-refractivity contribution is -0.132. The molecule has 1 saturated heterocycles. The average Bonchev–Trinajstić information content (AvgIpc) is 3.10. The normalized spacial score (nSPS) is 23.4. The first kappa shape index (κ1) is 20.5. The standard InChI is InChI=1S/C22H23N5O4/c1-13(24-20(30)17-9-5-6-10-23-17)21(31)27-11-15-19(29)25-16-8-4-3-7-14(16)18(28)26-22(15,2)12-27/h3-10,13,15H,11-12H2,1-2H3,(H,24,30)(H,25,29)(H,26,28)/t13-,15-,22-/m0/s1. The number of nitrogens with one attached hydrogen (secondary N) is 3. The molecule has 31 heavy (non-hydrogen) atoms. The van der Waals surface area contributed by atoms with Crippen molar-refractivity contribution >= 4 is 29.3 Å². The number of fused-ring (bicyclic) bond motifs is 2. The Bertz CT molecular complexity index is 1060. The van der Waals surface area contributed by atoms with Gasteiger partial charge in [-0.05, 0) is 38.1 Å². The summed E-state index contributed by atoms with van der Waals surface area (Å²) in [4.78, 5) is 56.6. The molecule has 2 aromatic rings. The van der Waals surface area contributed by atoms with Gasteiger partial charge in [0.2, 0.25) is 11.8 Å². The zero-order chi connectivity index (χ0) is 22.2. The van der Waals surface area contributed by atoms with Gasteiger partial charge < -0.3 is 20.9 Å². The van der Waals surface area contributed by atoms with Crippen molar-refractivity contribution in [3.63, 3.8) is 0 Å². The van der Waals surface area contributed by atoms with Gasteiger partial charge in [0.1, 0.15) is 11.7 Å². The zero-order valence-electron chi connectivity index (χ0n) is 17.2. The van der Waals surface area contributed by atoms with Crippen LogP contribution in [0.5, 0.6) is 0 Å². The quantitative estimate of drug-likeness (QED) is 0.677. The van der Waals surface area contributed by atoms with Gasteiger partial charge >= 0.3 is 0 Å². The molecule has 9 heteroatoms. The van der Waals surface area contributed by atoms with Crippen LogP contribution in [0, 0.1) is 5.92 Å². The van der Waals surface area contributed by atoms with Gasteiger partial charge in [-0.3, -0.25) is 24.2 Å². The Kier molecular flexibility index (Phi) is 5.18. The molecule has 0 aliphatic carbocycles. The third kappa shape index (κ3) is 3.86. The molecule has 3 atom stereocenters. The first-order valence-corrected chi connectivity index (χ1v) is 10.0. The number of aromatic nitrogens is 1. The molecule has 0 unspecified atom stereocenters. The van der Waals surface area contributed by atoms with Crippen molar-refractivity contribution in [2.24, 2.45) is 5.92 Å². The molecular weight excluding hydrogens is 398 g/mol. The van der Waals surface area contributed by atoms with Gasteiger partial charge in [0.25, 0.3) is 11.8 Å². The van der Waals surface area contributed by atoms with E-state index in [0.717, 1.165) is 0 Å². The van der Waals surface area contributed by atoms with E-state index in [9.17, 15) is 19.2 Å². The van der Waals surface area contributed by atoms with Crippen LogP contribution in [0.4, 0.5) is 5.69 Å². The Hall–Kier alpha value is -3.75. The van der Waals surface area contributed by atoms with Crippen LogP contribution in [0.1, 0.15) is 34.7 Å². The molecule has 9 nitrogen and oxygen atoms in total. The second kappa shape index (κ2) is 7.82. The number of para-hydroxylation sites is 1. The Labute approximate surface area is 179 Å². The van der Waals surface area contributed by atoms with E-state index in [-0.39, 0.29) is 36.5 Å². The second-order valence-electron chi connectivity index (χ2n) is 8.09. The lowest BCUT2D eigenvalue weighted by Gasteiger charge is -2.33. The average molecular weight is 421 g/mol. The maximum absolute atomic E-state index is 13.0. The molecule has 0 radical (unpaired) electrons. The number of hydrogen-bond acceptors (Lipinski definition) is 5. The lowest BCUT2D eigenvalue weighted by Crippen LogP contribution is -2.56. The minimum atomic E-state index is -0.935. The summed E-state index contributed by atoms with van der Waals surface area (Å²) in [5.41, 5.74) is 0.0837. The smallest absolute Gasteiger partial charge is 0.270 e. The second-order valence-corrected chi connectivity index (χ2v) is 8.09. The first-order valence-electron chi connectivity index (χ1n) is 10.0. The van der Waals surface area contributed by atoms with Crippen LogP contribution < -0.4 is 16.0 Å². The molecule has 0 bridgehead atoms. The molecule has 1 aromatic carbocycles. The number of anilines is 1. The maximum atomic E-state index is 13.0. The Morgan fingerprint density at radius 3 is 2.68 bits per heavy atom. The fourth-order valence-corrected chi connectivity index (χ4v) is 4.10. The van der Waals surface area contributed by atoms with Gasteiger partial charge in [0, 0.05) is 19.3 Å². The molecule has 1 aromatic heterocycles. The van der Waals surface area contributed by atoms with Gasteiger partial charge in [-0.15, -0.1) is 0 Å². The van der Waals surface area contributed by atoms with Gasteiger partial charge in [-0.2, -0.15) is 0 Å². The number of hydrogen-bond donors (Lipinski definition) is 3. The van der Waals surface area contributed by atoms with Crippen LogP contribution in [0.15, 0.2) is 48.7 Å². The van der Waals surface area contributed by atoms with E-state index < -0.39 is 23.4 Å². The monoisotopic (exact) mass is 421 g/mol. The molecular formula is C22H23N5O4. The molecule has 160 valence electrons. The van der Waals surface area contributed by atoms with E-state index in [1.807, 2.05) is 0 Å². The van der Waals surface area contributed by atoms with Crippen molar-refractivity contribution in [3.05, 3.63) is 59.9 Å². The van der Waals surface area contributed by atoms with Crippen molar-refractivity contribution in [1.29, 1.82) is 0 Å². The SMILES string of the molecule is C[C@H](NC(=O)c1ccccn1)C(=O)N1C[C@H]2C(=O)Nc3ccccc3C(=O)N[C@@]2(C)C1. The van der Waals surface area contributed by atoms with E-state index in [2.05, 4.69) is 20.9 Å². The van der Waals surface area contributed by atoms with E-state index >= 15 is 0 Å². The van der Waals surface area contributed by atoms with Gasteiger partial charge in [-0.1, -0.05) is 18.2 Å². The molecule has 0 spiro atoms. The molecule has 2 aliphatic heterocycles. The van der Waals surface area contributed by atoms with Crippen molar-refractivity contribution in [2.75, 3.05) is 18.4 Å².